The van der Waals surface area contributed by atoms with E-state index in [1.165, 1.54) is 13.2 Å². The first kappa shape index (κ1) is 11.6. The SMILES string of the molecule is COc1cc(F)c2nnc3c(C)nc(I)n3c2c1. The van der Waals surface area contributed by atoms with E-state index in [0.717, 1.165) is 5.69 Å². The van der Waals surface area contributed by atoms with Crippen LogP contribution in [-0.4, -0.2) is 26.7 Å². The summed E-state index contributed by atoms with van der Waals surface area (Å²) in [7, 11) is 1.50. The zero-order valence-electron chi connectivity index (χ0n) is 9.61. The summed E-state index contributed by atoms with van der Waals surface area (Å²) in [6, 6.07) is 3.02. The van der Waals surface area contributed by atoms with Gasteiger partial charge in [-0.1, -0.05) is 0 Å². The van der Waals surface area contributed by atoms with E-state index >= 15 is 0 Å². The number of benzene rings is 1. The summed E-state index contributed by atoms with van der Waals surface area (Å²) >= 11 is 2.08. The third-order valence-corrected chi connectivity index (χ3v) is 3.44. The molecule has 0 spiro atoms. The van der Waals surface area contributed by atoms with Gasteiger partial charge in [0.2, 0.25) is 0 Å². The van der Waals surface area contributed by atoms with E-state index in [1.54, 1.807) is 10.5 Å². The highest BCUT2D eigenvalue weighted by Crippen LogP contribution is 2.25. The third-order valence-electron chi connectivity index (χ3n) is 2.72. The van der Waals surface area contributed by atoms with Crippen LogP contribution in [0.4, 0.5) is 4.39 Å². The van der Waals surface area contributed by atoms with Crippen molar-refractivity contribution >= 4 is 39.3 Å². The zero-order valence-corrected chi connectivity index (χ0v) is 11.8. The van der Waals surface area contributed by atoms with Crippen LogP contribution in [0.25, 0.3) is 16.7 Å². The van der Waals surface area contributed by atoms with Crippen molar-refractivity contribution in [2.24, 2.45) is 0 Å². The van der Waals surface area contributed by atoms with Crippen LogP contribution in [-0.2, 0) is 0 Å². The third kappa shape index (κ3) is 1.53. The van der Waals surface area contributed by atoms with Crippen molar-refractivity contribution in [2.75, 3.05) is 7.11 Å². The van der Waals surface area contributed by atoms with Crippen LogP contribution in [0.2, 0.25) is 0 Å². The van der Waals surface area contributed by atoms with E-state index in [-0.39, 0.29) is 5.52 Å². The van der Waals surface area contributed by atoms with Gasteiger partial charge in [0.05, 0.1) is 18.3 Å². The van der Waals surface area contributed by atoms with E-state index in [1.807, 2.05) is 6.92 Å². The summed E-state index contributed by atoms with van der Waals surface area (Å²) in [6.45, 7) is 1.84. The molecule has 7 heteroatoms. The molecule has 0 N–H and O–H groups in total. The maximum absolute atomic E-state index is 13.9. The average Bonchev–Trinajstić information content (AvgIpc) is 2.65. The lowest BCUT2D eigenvalue weighted by atomic mass is 10.2. The number of hydrogen-bond acceptors (Lipinski definition) is 4. The molecule has 0 unspecified atom stereocenters. The number of ether oxygens (including phenoxy) is 1. The van der Waals surface area contributed by atoms with Crippen molar-refractivity contribution < 1.29 is 9.13 Å². The summed E-state index contributed by atoms with van der Waals surface area (Å²) in [5.41, 5.74) is 2.19. The Bertz CT molecular complexity index is 771. The van der Waals surface area contributed by atoms with Crippen LogP contribution in [0.5, 0.6) is 5.75 Å². The summed E-state index contributed by atoms with van der Waals surface area (Å²) in [5, 5.41) is 7.92. The monoisotopic (exact) mass is 358 g/mol. The normalized spacial score (nSPS) is 11.3. The molecule has 1 aromatic carbocycles. The lowest BCUT2D eigenvalue weighted by Crippen LogP contribution is -1.99. The fourth-order valence-corrected chi connectivity index (χ4v) is 2.71. The van der Waals surface area contributed by atoms with Crippen molar-refractivity contribution in [3.8, 4) is 5.75 Å². The molecule has 0 saturated carbocycles. The number of fused-ring (bicyclic) bond motifs is 3. The second-order valence-electron chi connectivity index (χ2n) is 3.80. The lowest BCUT2D eigenvalue weighted by molar-refractivity contribution is 0.412. The number of imidazole rings is 1. The predicted octanol–water partition coefficient (Wildman–Crippen LogP) is 2.34. The molecule has 0 aliphatic rings. The Morgan fingerprint density at radius 3 is 2.83 bits per heavy atom. The minimum atomic E-state index is -0.457. The van der Waals surface area contributed by atoms with Crippen molar-refractivity contribution in [1.82, 2.24) is 19.6 Å². The topological polar surface area (TPSA) is 52.3 Å². The molecule has 0 bridgehead atoms. The van der Waals surface area contributed by atoms with Crippen LogP contribution in [0.3, 0.4) is 0 Å². The van der Waals surface area contributed by atoms with Gasteiger partial charge in [0.15, 0.2) is 15.3 Å². The van der Waals surface area contributed by atoms with E-state index in [4.69, 9.17) is 4.74 Å². The molecule has 0 saturated heterocycles. The zero-order chi connectivity index (χ0) is 12.9. The minimum Gasteiger partial charge on any atom is -0.497 e. The number of halogens is 2. The predicted molar refractivity (Wildman–Crippen MR) is 72.3 cm³/mol. The maximum Gasteiger partial charge on any atom is 0.183 e. The van der Waals surface area contributed by atoms with Gasteiger partial charge < -0.3 is 4.74 Å². The molecule has 0 aliphatic carbocycles. The van der Waals surface area contributed by atoms with E-state index in [9.17, 15) is 4.39 Å². The fraction of sp³-hybridized carbons (Fsp3) is 0.182. The number of nitrogens with zero attached hydrogens (tertiary/aromatic N) is 4. The van der Waals surface area contributed by atoms with Gasteiger partial charge in [0.1, 0.15) is 11.3 Å². The Balaban J connectivity index is 2.56. The molecule has 3 rings (SSSR count). The van der Waals surface area contributed by atoms with Crippen molar-refractivity contribution in [3.63, 3.8) is 0 Å². The van der Waals surface area contributed by atoms with Crippen molar-refractivity contribution in [1.29, 1.82) is 0 Å². The van der Waals surface area contributed by atoms with Gasteiger partial charge in [-0.3, -0.25) is 4.40 Å². The number of aromatic nitrogens is 4. The Hall–Kier alpha value is -1.51. The molecule has 0 atom stereocenters. The number of hydrogen-bond donors (Lipinski definition) is 0. The molecule has 2 heterocycles. The highest BCUT2D eigenvalue weighted by atomic mass is 127. The van der Waals surface area contributed by atoms with Crippen LogP contribution >= 0.6 is 22.6 Å². The van der Waals surface area contributed by atoms with Crippen LogP contribution in [0.1, 0.15) is 5.69 Å². The van der Waals surface area contributed by atoms with Gasteiger partial charge in [0.25, 0.3) is 0 Å². The second-order valence-corrected chi connectivity index (χ2v) is 4.77. The molecule has 5 nitrogen and oxygen atoms in total. The van der Waals surface area contributed by atoms with Gasteiger partial charge in [-0.15, -0.1) is 10.2 Å². The molecular weight excluding hydrogens is 350 g/mol. The number of methoxy groups -OCH3 is 1. The Kier molecular flexibility index (Phi) is 2.58. The highest BCUT2D eigenvalue weighted by Gasteiger charge is 2.14. The summed E-state index contributed by atoms with van der Waals surface area (Å²) < 4.78 is 21.4. The van der Waals surface area contributed by atoms with Gasteiger partial charge >= 0.3 is 0 Å². The molecule has 0 radical (unpaired) electrons. The molecular formula is C11H8FIN4O. The average molecular weight is 358 g/mol. The van der Waals surface area contributed by atoms with E-state index < -0.39 is 5.82 Å². The highest BCUT2D eigenvalue weighted by molar-refractivity contribution is 14.1. The van der Waals surface area contributed by atoms with Crippen molar-refractivity contribution in [2.45, 2.75) is 6.92 Å². The first-order chi connectivity index (χ1) is 8.61. The molecule has 92 valence electrons. The smallest absolute Gasteiger partial charge is 0.183 e. The summed E-state index contributed by atoms with van der Waals surface area (Å²) in [6.07, 6.45) is 0. The van der Waals surface area contributed by atoms with Crippen LogP contribution < -0.4 is 4.74 Å². The first-order valence-corrected chi connectivity index (χ1v) is 6.24. The summed E-state index contributed by atoms with van der Waals surface area (Å²) in [4.78, 5) is 4.31. The second kappa shape index (κ2) is 4.01. The molecule has 2 aromatic heterocycles. The van der Waals surface area contributed by atoms with E-state index in [0.29, 0.717) is 20.7 Å². The standard InChI is InChI=1S/C11H8FIN4O/c1-5-10-16-15-9-7(12)3-6(18-2)4-8(9)17(10)11(13)14-5/h3-4H,1-2H3. The summed E-state index contributed by atoms with van der Waals surface area (Å²) in [5.74, 6) is -0.0163. The molecule has 3 aromatic rings. The van der Waals surface area contributed by atoms with E-state index in [2.05, 4.69) is 37.8 Å². The molecule has 18 heavy (non-hydrogen) atoms. The van der Waals surface area contributed by atoms with Gasteiger partial charge in [0, 0.05) is 34.7 Å². The number of aryl methyl sites for hydroxylation is 1. The van der Waals surface area contributed by atoms with Gasteiger partial charge in [-0.25, -0.2) is 9.37 Å². The minimum absolute atomic E-state index is 0.207. The lowest BCUT2D eigenvalue weighted by Gasteiger charge is -2.05. The fourth-order valence-electron chi connectivity index (χ4n) is 1.86. The quantitative estimate of drug-likeness (QED) is 0.627. The Morgan fingerprint density at radius 1 is 1.33 bits per heavy atom. The molecule has 0 amide bonds. The molecule has 0 aliphatic heterocycles. The van der Waals surface area contributed by atoms with Crippen LogP contribution in [0, 0.1) is 16.6 Å². The van der Waals surface area contributed by atoms with Gasteiger partial charge in [-0.05, 0) is 6.92 Å². The van der Waals surface area contributed by atoms with Crippen LogP contribution in [0.15, 0.2) is 12.1 Å². The van der Waals surface area contributed by atoms with Crippen molar-refractivity contribution in [3.05, 3.63) is 27.5 Å². The number of rotatable bonds is 1. The van der Waals surface area contributed by atoms with Gasteiger partial charge in [-0.2, -0.15) is 0 Å². The Morgan fingerprint density at radius 2 is 2.11 bits per heavy atom. The largest absolute Gasteiger partial charge is 0.497 e. The first-order valence-electron chi connectivity index (χ1n) is 5.16. The molecule has 0 fully saturated rings. The maximum atomic E-state index is 13.9. The Labute approximate surface area is 115 Å².